The van der Waals surface area contributed by atoms with Crippen LogP contribution >= 0.6 is 0 Å². The fourth-order valence-electron chi connectivity index (χ4n) is 2.05. The lowest BCUT2D eigenvalue weighted by Crippen LogP contribution is -2.50. The number of nitrogens with two attached hydrogens (primary N) is 1. The Morgan fingerprint density at radius 2 is 2.35 bits per heavy atom. The molecule has 0 aromatic carbocycles. The lowest BCUT2D eigenvalue weighted by molar-refractivity contribution is -0.385. The van der Waals surface area contributed by atoms with E-state index in [1.165, 1.54) is 12.1 Å². The van der Waals surface area contributed by atoms with E-state index < -0.39 is 16.4 Å². The number of rotatable bonds is 3. The first-order valence-electron chi connectivity index (χ1n) is 5.70. The lowest BCUT2D eigenvalue weighted by Gasteiger charge is -2.20. The minimum absolute atomic E-state index is 0.0397. The van der Waals surface area contributed by atoms with Crippen molar-refractivity contribution in [2.24, 2.45) is 5.73 Å². The van der Waals surface area contributed by atoms with Gasteiger partial charge < -0.3 is 15.7 Å². The molecule has 1 aromatic heterocycles. The van der Waals surface area contributed by atoms with Crippen LogP contribution in [0.3, 0.4) is 0 Å². The zero-order valence-corrected chi connectivity index (χ0v) is 10.3. The molecule has 1 fully saturated rings. The molecule has 0 aliphatic carbocycles. The predicted octanol–water partition coefficient (Wildman–Crippen LogP) is -0.146. The monoisotopic (exact) mass is 277 g/mol. The van der Waals surface area contributed by atoms with Crippen molar-refractivity contribution in [2.45, 2.75) is 12.0 Å². The summed E-state index contributed by atoms with van der Waals surface area (Å²) in [6, 6.07) is 4.22. The van der Waals surface area contributed by atoms with Crippen molar-refractivity contribution in [3.63, 3.8) is 0 Å². The molecular formula is C11H11N5O4. The van der Waals surface area contributed by atoms with Gasteiger partial charge in [-0.2, -0.15) is 5.26 Å². The number of aromatic nitrogens is 1. The summed E-state index contributed by atoms with van der Waals surface area (Å²) < 4.78 is 0. The number of carboxylic acid groups (broad SMARTS) is 1. The number of hydrogen-bond donors (Lipinski definition) is 2. The molecule has 2 heterocycles. The first-order chi connectivity index (χ1) is 9.37. The van der Waals surface area contributed by atoms with E-state index in [1.54, 1.807) is 11.0 Å². The van der Waals surface area contributed by atoms with Gasteiger partial charge in [0.25, 0.3) is 0 Å². The summed E-state index contributed by atoms with van der Waals surface area (Å²) in [7, 11) is 0. The molecular weight excluding hydrogens is 266 g/mol. The summed E-state index contributed by atoms with van der Waals surface area (Å²) in [5, 5.41) is 28.6. The van der Waals surface area contributed by atoms with Crippen molar-refractivity contribution in [1.29, 1.82) is 5.26 Å². The number of carbonyl (C=O) groups is 1. The van der Waals surface area contributed by atoms with E-state index in [1.807, 2.05) is 0 Å². The maximum atomic E-state index is 11.1. The van der Waals surface area contributed by atoms with Gasteiger partial charge in [-0.15, -0.1) is 0 Å². The zero-order valence-electron chi connectivity index (χ0n) is 10.3. The second-order valence-electron chi connectivity index (χ2n) is 4.54. The molecule has 0 radical (unpaired) electrons. The summed E-state index contributed by atoms with van der Waals surface area (Å²) in [4.78, 5) is 26.6. The normalized spacial score (nSPS) is 21.5. The number of nitrogens with zero attached hydrogens (tertiary/aromatic N) is 4. The van der Waals surface area contributed by atoms with Gasteiger partial charge in [0.15, 0.2) is 0 Å². The number of carboxylic acids is 1. The van der Waals surface area contributed by atoms with Gasteiger partial charge in [-0.1, -0.05) is 0 Å². The summed E-state index contributed by atoms with van der Waals surface area (Å²) in [5.74, 6) is -0.803. The molecule has 0 saturated carbocycles. The molecule has 9 nitrogen and oxygen atoms in total. The van der Waals surface area contributed by atoms with Crippen molar-refractivity contribution < 1.29 is 14.8 Å². The molecule has 1 saturated heterocycles. The van der Waals surface area contributed by atoms with Crippen LogP contribution in [0.5, 0.6) is 0 Å². The number of anilines is 1. The van der Waals surface area contributed by atoms with Crippen molar-refractivity contribution >= 4 is 17.5 Å². The first-order valence-corrected chi connectivity index (χ1v) is 5.70. The molecule has 0 spiro atoms. The minimum atomic E-state index is -1.36. The van der Waals surface area contributed by atoms with Gasteiger partial charge in [0.1, 0.15) is 17.4 Å². The number of aliphatic carboxylic acids is 1. The fourth-order valence-corrected chi connectivity index (χ4v) is 2.05. The second-order valence-corrected chi connectivity index (χ2v) is 4.54. The average Bonchev–Trinajstić information content (AvgIpc) is 2.82. The highest BCUT2D eigenvalue weighted by Gasteiger charge is 2.41. The SMILES string of the molecule is N#Cc1nc(N2CCC(N)(C(=O)O)C2)ccc1[N+](=O)[O-]. The smallest absolute Gasteiger partial charge is 0.325 e. The second kappa shape index (κ2) is 4.75. The van der Waals surface area contributed by atoms with Crippen LogP contribution in [-0.4, -0.2) is 39.6 Å². The van der Waals surface area contributed by atoms with Gasteiger partial charge in [-0.05, 0) is 12.5 Å². The number of nitriles is 1. The number of nitro groups is 1. The van der Waals surface area contributed by atoms with Gasteiger partial charge in [0, 0.05) is 19.2 Å². The van der Waals surface area contributed by atoms with Crippen molar-refractivity contribution in [3.05, 3.63) is 27.9 Å². The third-order valence-corrected chi connectivity index (χ3v) is 3.21. The molecule has 1 aromatic rings. The Labute approximate surface area is 113 Å². The maximum Gasteiger partial charge on any atom is 0.325 e. The molecule has 104 valence electrons. The Bertz CT molecular complexity index is 626. The Morgan fingerprint density at radius 3 is 2.85 bits per heavy atom. The fraction of sp³-hybridized carbons (Fsp3) is 0.364. The Hall–Kier alpha value is -2.73. The van der Waals surface area contributed by atoms with Crippen LogP contribution in [0.4, 0.5) is 11.5 Å². The maximum absolute atomic E-state index is 11.1. The molecule has 9 heteroatoms. The van der Waals surface area contributed by atoms with E-state index in [4.69, 9.17) is 16.1 Å². The quantitative estimate of drug-likeness (QED) is 0.572. The average molecular weight is 277 g/mol. The minimum Gasteiger partial charge on any atom is -0.480 e. The third-order valence-electron chi connectivity index (χ3n) is 3.21. The van der Waals surface area contributed by atoms with Crippen LogP contribution in [0.2, 0.25) is 0 Å². The van der Waals surface area contributed by atoms with Crippen LogP contribution < -0.4 is 10.6 Å². The Kier molecular flexibility index (Phi) is 3.25. The lowest BCUT2D eigenvalue weighted by atomic mass is 10.0. The van der Waals surface area contributed by atoms with Crippen LogP contribution in [0, 0.1) is 21.4 Å². The predicted molar refractivity (Wildman–Crippen MR) is 67.0 cm³/mol. The molecule has 0 amide bonds. The molecule has 0 bridgehead atoms. The van der Waals surface area contributed by atoms with E-state index in [-0.39, 0.29) is 24.3 Å². The van der Waals surface area contributed by atoms with E-state index >= 15 is 0 Å². The molecule has 1 unspecified atom stereocenters. The topological polar surface area (TPSA) is 146 Å². The molecule has 1 aliphatic rings. The number of hydrogen-bond acceptors (Lipinski definition) is 7. The van der Waals surface area contributed by atoms with Gasteiger partial charge in [-0.3, -0.25) is 14.9 Å². The molecule has 20 heavy (non-hydrogen) atoms. The summed E-state index contributed by atoms with van der Waals surface area (Å²) in [6.07, 6.45) is 0.239. The van der Waals surface area contributed by atoms with Crippen LogP contribution in [0.1, 0.15) is 12.1 Å². The summed E-state index contributed by atoms with van der Waals surface area (Å²) in [6.45, 7) is 0.399. The molecule has 1 atom stereocenters. The largest absolute Gasteiger partial charge is 0.480 e. The van der Waals surface area contributed by atoms with Crippen molar-refractivity contribution in [2.75, 3.05) is 18.0 Å². The molecule has 1 aliphatic heterocycles. The zero-order chi connectivity index (χ0) is 14.9. The van der Waals surface area contributed by atoms with Gasteiger partial charge in [0.2, 0.25) is 5.69 Å². The molecule has 2 rings (SSSR count). The Morgan fingerprint density at radius 1 is 1.65 bits per heavy atom. The highest BCUT2D eigenvalue weighted by atomic mass is 16.6. The van der Waals surface area contributed by atoms with Crippen LogP contribution in [-0.2, 0) is 4.79 Å². The standard InChI is InChI=1S/C11H11N5O4/c12-5-7-8(16(19)20)1-2-9(14-7)15-4-3-11(13,6-15)10(17)18/h1-2H,3-4,6,13H2,(H,17,18). The van der Waals surface area contributed by atoms with Gasteiger partial charge in [-0.25, -0.2) is 4.98 Å². The first kappa shape index (κ1) is 13.7. The summed E-state index contributed by atoms with van der Waals surface area (Å²) in [5.41, 5.74) is 3.68. The van der Waals surface area contributed by atoms with Crippen LogP contribution in [0.25, 0.3) is 0 Å². The van der Waals surface area contributed by atoms with E-state index in [9.17, 15) is 14.9 Å². The highest BCUT2D eigenvalue weighted by molar-refractivity contribution is 5.80. The third kappa shape index (κ3) is 2.24. The van der Waals surface area contributed by atoms with Gasteiger partial charge >= 0.3 is 11.7 Å². The van der Waals surface area contributed by atoms with E-state index in [2.05, 4.69) is 4.98 Å². The van der Waals surface area contributed by atoms with Crippen molar-refractivity contribution in [3.8, 4) is 6.07 Å². The number of pyridine rings is 1. The Balaban J connectivity index is 2.30. The van der Waals surface area contributed by atoms with E-state index in [0.717, 1.165) is 0 Å². The van der Waals surface area contributed by atoms with Crippen molar-refractivity contribution in [1.82, 2.24) is 4.98 Å². The molecule has 3 N–H and O–H groups in total. The highest BCUT2D eigenvalue weighted by Crippen LogP contribution is 2.26. The van der Waals surface area contributed by atoms with E-state index in [0.29, 0.717) is 12.4 Å². The summed E-state index contributed by atoms with van der Waals surface area (Å²) >= 11 is 0. The van der Waals surface area contributed by atoms with Crippen LogP contribution in [0.15, 0.2) is 12.1 Å². The van der Waals surface area contributed by atoms with Gasteiger partial charge in [0.05, 0.1) is 4.92 Å².